The van der Waals surface area contributed by atoms with Gasteiger partial charge in [-0.2, -0.15) is 0 Å². The first-order chi connectivity index (χ1) is 9.28. The first kappa shape index (κ1) is 13.2. The fourth-order valence-corrected chi connectivity index (χ4v) is 4.48. The van der Waals surface area contributed by atoms with E-state index in [0.29, 0.717) is 0 Å². The molecule has 2 nitrogen and oxygen atoms in total. The van der Waals surface area contributed by atoms with Gasteiger partial charge in [-0.1, -0.05) is 13.3 Å². The summed E-state index contributed by atoms with van der Waals surface area (Å²) < 4.78 is 0. The van der Waals surface area contributed by atoms with Crippen LogP contribution >= 0.6 is 11.3 Å². The summed E-state index contributed by atoms with van der Waals surface area (Å²) in [5.74, 6) is 1.12. The largest absolute Gasteiger partial charge is 0.338 e. The molecule has 0 saturated carbocycles. The van der Waals surface area contributed by atoms with E-state index in [2.05, 4.69) is 17.9 Å². The van der Waals surface area contributed by atoms with Gasteiger partial charge in [-0.15, -0.1) is 11.3 Å². The van der Waals surface area contributed by atoms with Crippen molar-refractivity contribution in [3.8, 4) is 0 Å². The van der Waals surface area contributed by atoms with Crippen LogP contribution in [0, 0.1) is 5.92 Å². The van der Waals surface area contributed by atoms with Gasteiger partial charge in [0, 0.05) is 18.0 Å². The number of piperidine rings is 1. The minimum absolute atomic E-state index is 0.284. The zero-order chi connectivity index (χ0) is 13.2. The second kappa shape index (κ2) is 5.66. The average molecular weight is 277 g/mol. The second-order valence-corrected chi connectivity index (χ2v) is 7.07. The van der Waals surface area contributed by atoms with Crippen molar-refractivity contribution >= 4 is 17.2 Å². The lowest BCUT2D eigenvalue weighted by molar-refractivity contribution is 0.0729. The molecule has 3 heteroatoms. The van der Waals surface area contributed by atoms with Crippen LogP contribution in [0.2, 0.25) is 0 Å². The number of likely N-dealkylation sites (tertiary alicyclic amines) is 1. The van der Waals surface area contributed by atoms with Gasteiger partial charge in [-0.3, -0.25) is 4.79 Å². The summed E-state index contributed by atoms with van der Waals surface area (Å²) in [5, 5.41) is 0. The number of hydrogen-bond donors (Lipinski definition) is 0. The zero-order valence-corrected chi connectivity index (χ0v) is 12.6. The van der Waals surface area contributed by atoms with Gasteiger partial charge in [-0.25, -0.2) is 0 Å². The molecule has 104 valence electrons. The molecule has 0 spiro atoms. The molecule has 1 atom stereocenters. The Balaban J connectivity index is 1.75. The maximum absolute atomic E-state index is 12.5. The van der Waals surface area contributed by atoms with Gasteiger partial charge in [0.05, 0.1) is 4.88 Å². The summed E-state index contributed by atoms with van der Waals surface area (Å²) in [4.78, 5) is 17.0. The lowest BCUT2D eigenvalue weighted by atomic mass is 9.87. The highest BCUT2D eigenvalue weighted by atomic mass is 32.1. The van der Waals surface area contributed by atoms with Crippen LogP contribution in [0.1, 0.15) is 59.1 Å². The van der Waals surface area contributed by atoms with Crippen LogP contribution in [0.3, 0.4) is 0 Å². The zero-order valence-electron chi connectivity index (χ0n) is 11.8. The Bertz CT molecular complexity index is 459. The van der Waals surface area contributed by atoms with Crippen LogP contribution in [0.25, 0.3) is 0 Å². The third-order valence-corrected chi connectivity index (χ3v) is 5.84. The van der Waals surface area contributed by atoms with Crippen LogP contribution in [-0.2, 0) is 12.8 Å². The minimum Gasteiger partial charge on any atom is -0.338 e. The molecule has 0 radical (unpaired) electrons. The van der Waals surface area contributed by atoms with Gasteiger partial charge < -0.3 is 4.90 Å². The number of aryl methyl sites for hydroxylation is 1. The Kier molecular flexibility index (Phi) is 3.92. The van der Waals surface area contributed by atoms with Crippen molar-refractivity contribution in [3.63, 3.8) is 0 Å². The first-order valence-electron chi connectivity index (χ1n) is 7.68. The monoisotopic (exact) mass is 277 g/mol. The van der Waals surface area contributed by atoms with Crippen LogP contribution in [-0.4, -0.2) is 23.9 Å². The normalized spacial score (nSPS) is 23.2. The predicted molar refractivity (Wildman–Crippen MR) is 79.9 cm³/mol. The molecule has 19 heavy (non-hydrogen) atoms. The van der Waals surface area contributed by atoms with E-state index in [-0.39, 0.29) is 5.91 Å². The molecule has 1 aliphatic carbocycles. The van der Waals surface area contributed by atoms with E-state index in [1.807, 2.05) is 0 Å². The van der Waals surface area contributed by atoms with Crippen molar-refractivity contribution in [2.75, 3.05) is 13.1 Å². The molecule has 1 aromatic heterocycles. The van der Waals surface area contributed by atoms with E-state index in [1.165, 1.54) is 55.4 Å². The van der Waals surface area contributed by atoms with E-state index in [1.54, 1.807) is 11.3 Å². The van der Waals surface area contributed by atoms with E-state index < -0.39 is 0 Å². The Morgan fingerprint density at radius 1 is 1.37 bits per heavy atom. The third kappa shape index (κ3) is 2.71. The maximum atomic E-state index is 12.5. The van der Waals surface area contributed by atoms with Crippen molar-refractivity contribution < 1.29 is 4.79 Å². The van der Waals surface area contributed by atoms with E-state index in [9.17, 15) is 4.79 Å². The molecule has 1 fully saturated rings. The highest BCUT2D eigenvalue weighted by molar-refractivity contribution is 7.14. The van der Waals surface area contributed by atoms with Crippen molar-refractivity contribution in [1.82, 2.24) is 4.90 Å². The molecule has 0 aromatic carbocycles. The van der Waals surface area contributed by atoms with Crippen molar-refractivity contribution in [2.24, 2.45) is 5.92 Å². The average Bonchev–Trinajstić information content (AvgIpc) is 2.90. The molecule has 1 aromatic rings. The molecule has 0 bridgehead atoms. The van der Waals surface area contributed by atoms with Gasteiger partial charge in [-0.05, 0) is 56.1 Å². The predicted octanol–water partition coefficient (Wildman–Crippen LogP) is 3.89. The van der Waals surface area contributed by atoms with Crippen LogP contribution in [0.15, 0.2) is 6.07 Å². The van der Waals surface area contributed by atoms with E-state index in [4.69, 9.17) is 0 Å². The summed E-state index contributed by atoms with van der Waals surface area (Å²) in [6.07, 6.45) is 8.58. The molecule has 0 N–H and O–H groups in total. The quantitative estimate of drug-likeness (QED) is 0.803. The van der Waals surface area contributed by atoms with Crippen molar-refractivity contribution in [2.45, 2.75) is 51.9 Å². The highest BCUT2D eigenvalue weighted by Gasteiger charge is 2.24. The van der Waals surface area contributed by atoms with E-state index >= 15 is 0 Å². The molecule has 1 saturated heterocycles. The molecule has 3 rings (SSSR count). The summed E-state index contributed by atoms with van der Waals surface area (Å²) in [6, 6.07) is 2.19. The number of rotatable bonds is 2. The number of carbonyl (C=O) groups is 1. The fourth-order valence-electron chi connectivity index (χ4n) is 3.31. The maximum Gasteiger partial charge on any atom is 0.263 e. The third-order valence-electron chi connectivity index (χ3n) is 4.62. The summed E-state index contributed by atoms with van der Waals surface area (Å²) in [5.41, 5.74) is 1.46. The van der Waals surface area contributed by atoms with Crippen LogP contribution in [0.5, 0.6) is 0 Å². The molecule has 1 aliphatic heterocycles. The van der Waals surface area contributed by atoms with Crippen LogP contribution in [0.4, 0.5) is 0 Å². The van der Waals surface area contributed by atoms with Gasteiger partial charge in [0.2, 0.25) is 0 Å². The summed E-state index contributed by atoms with van der Waals surface area (Å²) in [6.45, 7) is 4.19. The highest BCUT2D eigenvalue weighted by Crippen LogP contribution is 2.34. The van der Waals surface area contributed by atoms with Gasteiger partial charge in [0.15, 0.2) is 0 Å². The first-order valence-corrected chi connectivity index (χ1v) is 8.50. The number of hydrogen-bond acceptors (Lipinski definition) is 2. The molecule has 0 unspecified atom stereocenters. The van der Waals surface area contributed by atoms with Gasteiger partial charge in [0.25, 0.3) is 5.91 Å². The molecule has 1 amide bonds. The standard InChI is InChI=1S/C16H23NOS/c1-2-12-6-7-14-13(10-12)11-15(19-14)16(18)17-8-4-3-5-9-17/h11-12H,2-10H2,1H3/t12-/m1/s1. The Morgan fingerprint density at radius 3 is 2.89 bits per heavy atom. The second-order valence-electron chi connectivity index (χ2n) is 5.93. The van der Waals surface area contributed by atoms with Gasteiger partial charge in [0.1, 0.15) is 0 Å². The number of thiophene rings is 1. The van der Waals surface area contributed by atoms with Crippen molar-refractivity contribution in [1.29, 1.82) is 0 Å². The minimum atomic E-state index is 0.284. The lowest BCUT2D eigenvalue weighted by Gasteiger charge is -2.26. The lowest BCUT2D eigenvalue weighted by Crippen LogP contribution is -2.35. The topological polar surface area (TPSA) is 20.3 Å². The Hall–Kier alpha value is -0.830. The smallest absolute Gasteiger partial charge is 0.263 e. The number of nitrogens with zero attached hydrogens (tertiary/aromatic N) is 1. The number of fused-ring (bicyclic) bond motifs is 1. The molecular formula is C16H23NOS. The Labute approximate surface area is 119 Å². The van der Waals surface area contributed by atoms with Crippen molar-refractivity contribution in [3.05, 3.63) is 21.4 Å². The molecule has 2 heterocycles. The summed E-state index contributed by atoms with van der Waals surface area (Å²) >= 11 is 1.76. The SMILES string of the molecule is CC[C@@H]1CCc2sc(C(=O)N3CCCCC3)cc2C1. The summed E-state index contributed by atoms with van der Waals surface area (Å²) in [7, 11) is 0. The van der Waals surface area contributed by atoms with E-state index in [0.717, 1.165) is 23.9 Å². The number of carbonyl (C=O) groups excluding carboxylic acids is 1. The molecule has 2 aliphatic rings. The number of amides is 1. The fraction of sp³-hybridized carbons (Fsp3) is 0.688. The van der Waals surface area contributed by atoms with Gasteiger partial charge >= 0.3 is 0 Å². The Morgan fingerprint density at radius 2 is 2.16 bits per heavy atom. The van der Waals surface area contributed by atoms with Crippen LogP contribution < -0.4 is 0 Å². The molecular weight excluding hydrogens is 254 g/mol.